The van der Waals surface area contributed by atoms with E-state index in [1.165, 1.54) is 13.8 Å². The highest BCUT2D eigenvalue weighted by Gasteiger charge is 2.26. The lowest BCUT2D eigenvalue weighted by molar-refractivity contribution is -0.134. The number of aliphatic hydroxyl groups excluding tert-OH is 1. The third-order valence-electron chi connectivity index (χ3n) is 2.77. The maximum absolute atomic E-state index is 11.6. The van der Waals surface area contributed by atoms with Crippen LogP contribution >= 0.6 is 0 Å². The number of hydrogen-bond acceptors (Lipinski definition) is 4. The monoisotopic (exact) mass is 251 g/mol. The first-order chi connectivity index (χ1) is 8.43. The van der Waals surface area contributed by atoms with Crippen LogP contribution in [-0.4, -0.2) is 34.2 Å². The van der Waals surface area contributed by atoms with Gasteiger partial charge in [-0.05, 0) is 19.4 Å². The largest absolute Gasteiger partial charge is 0.395 e. The molecule has 4 nitrogen and oxygen atoms in total. The molecule has 0 spiro atoms. The molecule has 0 aromatic heterocycles. The molecule has 100 valence electrons. The molecule has 1 unspecified atom stereocenters. The second-order valence-electron chi connectivity index (χ2n) is 4.93. The van der Waals surface area contributed by atoms with Gasteiger partial charge in [-0.15, -0.1) is 0 Å². The van der Waals surface area contributed by atoms with Crippen LogP contribution in [0.3, 0.4) is 0 Å². The van der Waals surface area contributed by atoms with Crippen LogP contribution in [0, 0.1) is 0 Å². The number of ketones is 1. The fourth-order valence-electron chi connectivity index (χ4n) is 1.53. The summed E-state index contributed by atoms with van der Waals surface area (Å²) in [4.78, 5) is 11.6. The summed E-state index contributed by atoms with van der Waals surface area (Å²) in [5, 5.41) is 21.9. The minimum Gasteiger partial charge on any atom is -0.395 e. The van der Waals surface area contributed by atoms with Gasteiger partial charge in [-0.2, -0.15) is 0 Å². The third kappa shape index (κ3) is 4.96. The van der Waals surface area contributed by atoms with Crippen molar-refractivity contribution in [2.75, 3.05) is 6.61 Å². The topological polar surface area (TPSA) is 69.6 Å². The molecule has 18 heavy (non-hydrogen) atoms. The fourth-order valence-corrected chi connectivity index (χ4v) is 1.53. The van der Waals surface area contributed by atoms with Crippen LogP contribution in [0.15, 0.2) is 30.3 Å². The Labute approximate surface area is 108 Å². The Hall–Kier alpha value is -1.23. The van der Waals surface area contributed by atoms with Gasteiger partial charge in [0.15, 0.2) is 5.78 Å². The van der Waals surface area contributed by atoms with E-state index < -0.39 is 5.60 Å². The lowest BCUT2D eigenvalue weighted by Crippen LogP contribution is -2.40. The highest BCUT2D eigenvalue weighted by atomic mass is 16.3. The van der Waals surface area contributed by atoms with E-state index in [1.54, 1.807) is 0 Å². The molecule has 0 aliphatic rings. The van der Waals surface area contributed by atoms with Gasteiger partial charge in [0.1, 0.15) is 5.60 Å². The predicted octanol–water partition coefficient (Wildman–Crippen LogP) is 0.867. The molecule has 0 saturated carbocycles. The second-order valence-corrected chi connectivity index (χ2v) is 4.93. The standard InChI is InChI=1S/C14H21NO3/c1-14(2,18)13(17)8-12(10-16)15-9-11-6-4-3-5-7-11/h3-7,12,15-16,18H,8-10H2,1-2H3. The van der Waals surface area contributed by atoms with E-state index in [9.17, 15) is 15.0 Å². The van der Waals surface area contributed by atoms with E-state index in [2.05, 4.69) is 5.32 Å². The summed E-state index contributed by atoms with van der Waals surface area (Å²) >= 11 is 0. The van der Waals surface area contributed by atoms with Gasteiger partial charge in [-0.25, -0.2) is 0 Å². The minimum atomic E-state index is -1.35. The molecule has 0 radical (unpaired) electrons. The minimum absolute atomic E-state index is 0.118. The molecule has 0 aliphatic heterocycles. The summed E-state index contributed by atoms with van der Waals surface area (Å²) in [5.41, 5.74) is -0.256. The van der Waals surface area contributed by atoms with Crippen LogP contribution in [0.2, 0.25) is 0 Å². The van der Waals surface area contributed by atoms with Crippen LogP contribution < -0.4 is 5.32 Å². The van der Waals surface area contributed by atoms with Gasteiger partial charge in [0, 0.05) is 19.0 Å². The van der Waals surface area contributed by atoms with Gasteiger partial charge in [0.05, 0.1) is 6.61 Å². The zero-order valence-electron chi connectivity index (χ0n) is 10.9. The van der Waals surface area contributed by atoms with Crippen LogP contribution in [-0.2, 0) is 11.3 Å². The van der Waals surface area contributed by atoms with Crippen molar-refractivity contribution in [2.45, 2.75) is 38.5 Å². The number of hydrogen-bond donors (Lipinski definition) is 3. The number of aliphatic hydroxyl groups is 2. The molecular weight excluding hydrogens is 230 g/mol. The molecule has 1 aromatic carbocycles. The van der Waals surface area contributed by atoms with Crippen LogP contribution in [0.25, 0.3) is 0 Å². The quantitative estimate of drug-likeness (QED) is 0.672. The molecule has 0 heterocycles. The third-order valence-corrected chi connectivity index (χ3v) is 2.77. The lowest BCUT2D eigenvalue weighted by atomic mass is 9.97. The van der Waals surface area contributed by atoms with Crippen molar-refractivity contribution in [3.05, 3.63) is 35.9 Å². The SMILES string of the molecule is CC(C)(O)C(=O)CC(CO)NCc1ccccc1. The Morgan fingerprint density at radius 2 is 1.94 bits per heavy atom. The Bertz CT molecular complexity index is 370. The number of Topliss-reactive ketones (excluding diaryl/α,β-unsaturated/α-hetero) is 1. The van der Waals surface area contributed by atoms with Gasteiger partial charge >= 0.3 is 0 Å². The average Bonchev–Trinajstić information content (AvgIpc) is 2.34. The van der Waals surface area contributed by atoms with E-state index in [0.29, 0.717) is 6.54 Å². The van der Waals surface area contributed by atoms with Crippen molar-refractivity contribution in [3.63, 3.8) is 0 Å². The molecule has 0 bridgehead atoms. The Kier molecular flexibility index (Phi) is 5.47. The van der Waals surface area contributed by atoms with Crippen molar-refractivity contribution in [3.8, 4) is 0 Å². The summed E-state index contributed by atoms with van der Waals surface area (Å²) in [6, 6.07) is 9.42. The second kappa shape index (κ2) is 6.64. The molecule has 1 rings (SSSR count). The normalized spacial score (nSPS) is 13.3. The van der Waals surface area contributed by atoms with Gasteiger partial charge in [-0.1, -0.05) is 30.3 Å². The highest BCUT2D eigenvalue weighted by molar-refractivity contribution is 5.86. The van der Waals surface area contributed by atoms with Crippen LogP contribution in [0.4, 0.5) is 0 Å². The summed E-state index contributed by atoms with van der Waals surface area (Å²) in [7, 11) is 0. The Morgan fingerprint density at radius 1 is 1.33 bits per heavy atom. The van der Waals surface area contributed by atoms with E-state index in [4.69, 9.17) is 0 Å². The van der Waals surface area contributed by atoms with E-state index >= 15 is 0 Å². The lowest BCUT2D eigenvalue weighted by Gasteiger charge is -2.21. The summed E-state index contributed by atoms with van der Waals surface area (Å²) in [6.07, 6.45) is 0.118. The number of rotatable bonds is 7. The Morgan fingerprint density at radius 3 is 2.44 bits per heavy atom. The van der Waals surface area contributed by atoms with Gasteiger partial charge in [0.2, 0.25) is 0 Å². The van der Waals surface area contributed by atoms with Crippen molar-refractivity contribution in [2.24, 2.45) is 0 Å². The van der Waals surface area contributed by atoms with Crippen molar-refractivity contribution in [1.29, 1.82) is 0 Å². The zero-order valence-corrected chi connectivity index (χ0v) is 10.9. The average molecular weight is 251 g/mol. The number of benzene rings is 1. The predicted molar refractivity (Wildman–Crippen MR) is 70.1 cm³/mol. The van der Waals surface area contributed by atoms with Crippen molar-refractivity contribution < 1.29 is 15.0 Å². The first kappa shape index (κ1) is 14.8. The molecular formula is C14H21NO3. The van der Waals surface area contributed by atoms with E-state index in [-0.39, 0.29) is 24.9 Å². The molecule has 1 atom stereocenters. The molecule has 4 heteroatoms. The van der Waals surface area contributed by atoms with Crippen molar-refractivity contribution in [1.82, 2.24) is 5.32 Å². The number of carbonyl (C=O) groups is 1. The fraction of sp³-hybridized carbons (Fsp3) is 0.500. The van der Waals surface area contributed by atoms with Gasteiger partial charge in [0.25, 0.3) is 0 Å². The highest BCUT2D eigenvalue weighted by Crippen LogP contribution is 2.08. The van der Waals surface area contributed by atoms with E-state index in [1.807, 2.05) is 30.3 Å². The molecule has 0 fully saturated rings. The maximum atomic E-state index is 11.6. The molecule has 0 aliphatic carbocycles. The van der Waals surface area contributed by atoms with Gasteiger partial charge in [-0.3, -0.25) is 4.79 Å². The zero-order chi connectivity index (χ0) is 13.6. The molecule has 3 N–H and O–H groups in total. The summed E-state index contributed by atoms with van der Waals surface area (Å²) in [5.74, 6) is -0.276. The van der Waals surface area contributed by atoms with Crippen molar-refractivity contribution >= 4 is 5.78 Å². The number of carbonyl (C=O) groups excluding carboxylic acids is 1. The smallest absolute Gasteiger partial charge is 0.165 e. The summed E-state index contributed by atoms with van der Waals surface area (Å²) < 4.78 is 0. The first-order valence-corrected chi connectivity index (χ1v) is 6.07. The Balaban J connectivity index is 2.46. The summed E-state index contributed by atoms with van der Waals surface area (Å²) in [6.45, 7) is 3.38. The van der Waals surface area contributed by atoms with Crippen LogP contribution in [0.1, 0.15) is 25.8 Å². The van der Waals surface area contributed by atoms with Gasteiger partial charge < -0.3 is 15.5 Å². The molecule has 0 saturated heterocycles. The molecule has 0 amide bonds. The van der Waals surface area contributed by atoms with E-state index in [0.717, 1.165) is 5.56 Å². The van der Waals surface area contributed by atoms with Crippen LogP contribution in [0.5, 0.6) is 0 Å². The maximum Gasteiger partial charge on any atom is 0.165 e. The molecule has 1 aromatic rings. The first-order valence-electron chi connectivity index (χ1n) is 6.07. The number of nitrogens with one attached hydrogen (secondary N) is 1.